The fraction of sp³-hybridized carbons (Fsp3) is 0.439. The molecule has 1 saturated heterocycles. The van der Waals surface area contributed by atoms with Gasteiger partial charge in [-0.2, -0.15) is 0 Å². The van der Waals surface area contributed by atoms with Gasteiger partial charge in [0.25, 0.3) is 0 Å². The fourth-order valence-corrected chi connectivity index (χ4v) is 6.91. The van der Waals surface area contributed by atoms with E-state index in [9.17, 15) is 24.0 Å². The number of methoxy groups -OCH3 is 2. The molecule has 308 valence electrons. The molecule has 0 radical (unpaired) electrons. The molecule has 1 fully saturated rings. The Balaban J connectivity index is 1.12. The molecule has 4 heterocycles. The highest BCUT2D eigenvalue weighted by molar-refractivity contribution is 5.93. The predicted molar refractivity (Wildman–Crippen MR) is 215 cm³/mol. The number of H-pyrrole nitrogens is 2. The van der Waals surface area contributed by atoms with Crippen molar-refractivity contribution < 1.29 is 37.8 Å². The van der Waals surface area contributed by atoms with Gasteiger partial charge in [0.2, 0.25) is 17.2 Å². The smallest absolute Gasteiger partial charge is 0.407 e. The highest BCUT2D eigenvalue weighted by Crippen LogP contribution is 2.30. The van der Waals surface area contributed by atoms with Gasteiger partial charge in [0.05, 0.1) is 62.0 Å². The van der Waals surface area contributed by atoms with E-state index in [4.69, 9.17) is 13.9 Å². The Hall–Kier alpha value is -6.23. The van der Waals surface area contributed by atoms with Crippen molar-refractivity contribution in [3.63, 3.8) is 0 Å². The van der Waals surface area contributed by atoms with Gasteiger partial charge in [-0.1, -0.05) is 33.8 Å². The van der Waals surface area contributed by atoms with Crippen LogP contribution in [0.1, 0.15) is 58.2 Å². The zero-order chi connectivity index (χ0) is 41.5. The Morgan fingerprint density at radius 3 is 2.24 bits per heavy atom. The number of ether oxygens (including phenoxy) is 3. The summed E-state index contributed by atoms with van der Waals surface area (Å²) in [5.41, 5.74) is 3.60. The first-order valence-corrected chi connectivity index (χ1v) is 19.3. The number of aromatic nitrogens is 4. The Morgan fingerprint density at radius 2 is 1.52 bits per heavy atom. The van der Waals surface area contributed by atoms with Crippen LogP contribution in [0, 0.1) is 11.8 Å². The lowest BCUT2D eigenvalue weighted by atomic mass is 10.0. The Kier molecular flexibility index (Phi) is 13.1. The highest BCUT2D eigenvalue weighted by atomic mass is 16.5. The molecule has 3 aromatic heterocycles. The van der Waals surface area contributed by atoms with Crippen molar-refractivity contribution in [2.45, 2.75) is 65.1 Å². The normalized spacial score (nSPS) is 15.4. The number of nitrogens with one attached hydrogen (secondary N) is 5. The Labute approximate surface area is 334 Å². The average molecular weight is 799 g/mol. The van der Waals surface area contributed by atoms with Crippen LogP contribution in [-0.2, 0) is 30.2 Å². The van der Waals surface area contributed by atoms with E-state index in [2.05, 4.69) is 40.6 Å². The van der Waals surface area contributed by atoms with Crippen molar-refractivity contribution in [2.24, 2.45) is 11.8 Å². The summed E-state index contributed by atoms with van der Waals surface area (Å²) in [5, 5.41) is 8.92. The summed E-state index contributed by atoms with van der Waals surface area (Å²) in [6, 6.07) is 8.75. The standard InChI is InChI=1S/C41H50N8O9/c1-22(2)34(47-40(53)55-5)38(51)42-14-8-7-9-33-43-19-28(45-33)25-10-12-26-32(18-25)58-31-13-11-24(17-27(31)36(26)50)29-20-44-37(46-29)30-21-57-16-15-49(30)39(52)35(23(3)4)48-41(54)56-6/h10-13,17-20,22-23,30,34-35H,7-9,14-16,21H2,1-6H3,(H,42,51)(H,43,45)(H,44,46)(H,47,53)(H,48,54)/t30-,34-,35-/m0/s1. The second-order valence-electron chi connectivity index (χ2n) is 14.9. The molecule has 1 aliphatic heterocycles. The van der Waals surface area contributed by atoms with Gasteiger partial charge in [-0.05, 0) is 55.0 Å². The van der Waals surface area contributed by atoms with Crippen LogP contribution in [0.15, 0.2) is 58.0 Å². The van der Waals surface area contributed by atoms with E-state index in [0.29, 0.717) is 71.6 Å². The maximum atomic E-state index is 13.8. The van der Waals surface area contributed by atoms with Gasteiger partial charge in [-0.25, -0.2) is 19.6 Å². The summed E-state index contributed by atoms with van der Waals surface area (Å²) in [4.78, 5) is 81.1. The SMILES string of the molecule is COC(=O)N[C@H](C(=O)NCCCCc1ncc(-c2ccc3c(=O)c4cc(-c5cnc([C@@H]6COCCN6C(=O)[C@@H](NC(=O)OC)C(C)C)[nH]5)ccc4oc3c2)[nH]1)C(C)C. The fourth-order valence-electron chi connectivity index (χ4n) is 6.91. The molecule has 0 unspecified atom stereocenters. The lowest BCUT2D eigenvalue weighted by molar-refractivity contribution is -0.143. The second-order valence-corrected chi connectivity index (χ2v) is 14.9. The van der Waals surface area contributed by atoms with E-state index >= 15 is 0 Å². The van der Waals surface area contributed by atoms with Gasteiger partial charge >= 0.3 is 12.2 Å². The number of alkyl carbamates (subject to hydrolysis) is 2. The monoisotopic (exact) mass is 798 g/mol. The van der Waals surface area contributed by atoms with Crippen molar-refractivity contribution in [1.29, 1.82) is 0 Å². The zero-order valence-corrected chi connectivity index (χ0v) is 33.5. The minimum Gasteiger partial charge on any atom is -0.456 e. The number of amides is 4. The number of hydrogen-bond acceptors (Lipinski definition) is 11. The number of nitrogens with zero attached hydrogens (tertiary/aromatic N) is 3. The Bertz CT molecular complexity index is 2330. The molecular weight excluding hydrogens is 748 g/mol. The van der Waals surface area contributed by atoms with Crippen LogP contribution >= 0.6 is 0 Å². The van der Waals surface area contributed by atoms with Crippen LogP contribution in [0.3, 0.4) is 0 Å². The minimum atomic E-state index is -0.793. The van der Waals surface area contributed by atoms with E-state index in [1.54, 1.807) is 35.5 Å². The first kappa shape index (κ1) is 41.4. The third-order valence-corrected chi connectivity index (χ3v) is 10.2. The number of morpholine rings is 1. The summed E-state index contributed by atoms with van der Waals surface area (Å²) in [6.07, 6.45) is 4.21. The van der Waals surface area contributed by atoms with Crippen LogP contribution in [-0.4, -0.2) is 101 Å². The van der Waals surface area contributed by atoms with E-state index in [0.717, 1.165) is 23.5 Å². The van der Waals surface area contributed by atoms with Crippen molar-refractivity contribution >= 4 is 45.9 Å². The van der Waals surface area contributed by atoms with E-state index in [1.165, 1.54) is 14.2 Å². The molecule has 17 nitrogen and oxygen atoms in total. The second kappa shape index (κ2) is 18.4. The number of rotatable bonds is 14. The number of fused-ring (bicyclic) bond motifs is 2. The number of imidazole rings is 2. The number of benzene rings is 2. The number of hydrogen-bond donors (Lipinski definition) is 5. The molecule has 0 saturated carbocycles. The van der Waals surface area contributed by atoms with Crippen molar-refractivity contribution in [2.75, 3.05) is 40.5 Å². The van der Waals surface area contributed by atoms with Crippen molar-refractivity contribution in [3.05, 3.63) is 70.7 Å². The van der Waals surface area contributed by atoms with Gasteiger partial charge in [0, 0.05) is 30.6 Å². The summed E-state index contributed by atoms with van der Waals surface area (Å²) >= 11 is 0. The van der Waals surface area contributed by atoms with Gasteiger partial charge in [-0.3, -0.25) is 14.4 Å². The molecule has 5 aromatic rings. The average Bonchev–Trinajstić information content (AvgIpc) is 3.92. The number of aromatic amines is 2. The summed E-state index contributed by atoms with van der Waals surface area (Å²) in [5.74, 6) is 0.491. The number of carbonyl (C=O) groups is 4. The summed E-state index contributed by atoms with van der Waals surface area (Å²) < 4.78 is 21.4. The molecule has 17 heteroatoms. The van der Waals surface area contributed by atoms with Crippen molar-refractivity contribution in [1.82, 2.24) is 40.8 Å². The number of unbranched alkanes of at least 4 members (excludes halogenated alkanes) is 1. The number of carbonyl (C=O) groups excluding carboxylic acids is 4. The molecule has 58 heavy (non-hydrogen) atoms. The van der Waals surface area contributed by atoms with E-state index in [1.807, 2.05) is 45.9 Å². The molecule has 1 aliphatic rings. The molecule has 4 amide bonds. The van der Waals surface area contributed by atoms with Crippen LogP contribution < -0.4 is 21.4 Å². The maximum absolute atomic E-state index is 13.8. The third kappa shape index (κ3) is 9.31. The van der Waals surface area contributed by atoms with Gasteiger partial charge < -0.3 is 49.4 Å². The van der Waals surface area contributed by atoms with Crippen LogP contribution in [0.4, 0.5) is 9.59 Å². The van der Waals surface area contributed by atoms with Gasteiger partial charge in [0.1, 0.15) is 40.9 Å². The van der Waals surface area contributed by atoms with Gasteiger partial charge in [-0.15, -0.1) is 0 Å². The topological polar surface area (TPSA) is 223 Å². The summed E-state index contributed by atoms with van der Waals surface area (Å²) in [6.45, 7) is 8.74. The van der Waals surface area contributed by atoms with E-state index in [-0.39, 0.29) is 35.7 Å². The van der Waals surface area contributed by atoms with Gasteiger partial charge in [0.15, 0.2) is 0 Å². The molecule has 0 spiro atoms. The van der Waals surface area contributed by atoms with Crippen LogP contribution in [0.5, 0.6) is 0 Å². The molecular formula is C41H50N8O9. The molecule has 2 aromatic carbocycles. The lowest BCUT2D eigenvalue weighted by Gasteiger charge is -2.37. The quantitative estimate of drug-likeness (QED) is 0.0756. The molecule has 0 bridgehead atoms. The van der Waals surface area contributed by atoms with Crippen LogP contribution in [0.25, 0.3) is 44.5 Å². The van der Waals surface area contributed by atoms with Crippen LogP contribution in [0.2, 0.25) is 0 Å². The molecule has 3 atom stereocenters. The first-order chi connectivity index (χ1) is 27.9. The molecule has 0 aliphatic carbocycles. The highest BCUT2D eigenvalue weighted by Gasteiger charge is 2.36. The number of aryl methyl sites for hydroxylation is 1. The predicted octanol–water partition coefficient (Wildman–Crippen LogP) is 4.83. The Morgan fingerprint density at radius 1 is 0.845 bits per heavy atom. The lowest BCUT2D eigenvalue weighted by Crippen LogP contribution is -2.54. The van der Waals surface area contributed by atoms with Crippen molar-refractivity contribution in [3.8, 4) is 22.5 Å². The molecule has 6 rings (SSSR count). The largest absolute Gasteiger partial charge is 0.456 e. The molecule has 5 N–H and O–H groups in total. The summed E-state index contributed by atoms with van der Waals surface area (Å²) in [7, 11) is 2.51. The third-order valence-electron chi connectivity index (χ3n) is 10.2. The zero-order valence-electron chi connectivity index (χ0n) is 33.5. The maximum Gasteiger partial charge on any atom is 0.407 e. The van der Waals surface area contributed by atoms with E-state index < -0.39 is 30.3 Å². The first-order valence-electron chi connectivity index (χ1n) is 19.3. The minimum absolute atomic E-state index is 0.0988.